The summed E-state index contributed by atoms with van der Waals surface area (Å²) in [7, 11) is 1.91. The van der Waals surface area contributed by atoms with Crippen LogP contribution in [0.1, 0.15) is 25.7 Å². The van der Waals surface area contributed by atoms with Gasteiger partial charge in [-0.3, -0.25) is 0 Å². The van der Waals surface area contributed by atoms with Crippen molar-refractivity contribution in [3.8, 4) is 0 Å². The first-order chi connectivity index (χ1) is 6.56. The Labute approximate surface area is 90.7 Å². The summed E-state index contributed by atoms with van der Waals surface area (Å²) in [5.74, 6) is 0.253. The third kappa shape index (κ3) is 3.73. The molecule has 0 aromatic carbocycles. The van der Waals surface area contributed by atoms with Gasteiger partial charge in [0.15, 0.2) is 0 Å². The van der Waals surface area contributed by atoms with E-state index in [0.29, 0.717) is 13.1 Å². The number of halogens is 1. The summed E-state index contributed by atoms with van der Waals surface area (Å²) in [6, 6.07) is 0. The summed E-state index contributed by atoms with van der Waals surface area (Å²) in [5, 5.41) is 19.4. The van der Waals surface area contributed by atoms with Gasteiger partial charge in [-0.25, -0.2) is 0 Å². The van der Waals surface area contributed by atoms with Crippen molar-refractivity contribution in [3.63, 3.8) is 0 Å². The van der Waals surface area contributed by atoms with E-state index in [1.54, 1.807) is 0 Å². The molecule has 2 N–H and O–H groups in total. The number of likely N-dealkylation sites (N-methyl/N-ethyl adjacent to an activating group) is 1. The molecule has 1 unspecified atom stereocenters. The minimum absolute atomic E-state index is 0.253. The van der Waals surface area contributed by atoms with E-state index in [9.17, 15) is 10.2 Å². The highest BCUT2D eigenvalue weighted by Gasteiger charge is 2.32. The van der Waals surface area contributed by atoms with E-state index in [4.69, 9.17) is 11.6 Å². The molecule has 1 aliphatic carbocycles. The van der Waals surface area contributed by atoms with Gasteiger partial charge in [-0.05, 0) is 19.9 Å². The van der Waals surface area contributed by atoms with Gasteiger partial charge >= 0.3 is 0 Å². The molecule has 0 aromatic rings. The van der Waals surface area contributed by atoms with Gasteiger partial charge in [-0.1, -0.05) is 12.8 Å². The zero-order valence-corrected chi connectivity index (χ0v) is 9.50. The number of aliphatic hydroxyl groups excluding tert-OH is 1. The minimum atomic E-state index is -0.527. The Hall–Kier alpha value is 0.170. The lowest BCUT2D eigenvalue weighted by molar-refractivity contribution is 0.00715. The van der Waals surface area contributed by atoms with Crippen molar-refractivity contribution in [1.82, 2.24) is 4.90 Å². The zero-order chi connectivity index (χ0) is 10.6. The lowest BCUT2D eigenvalue weighted by atomic mass is 10.0. The van der Waals surface area contributed by atoms with Gasteiger partial charge in [0, 0.05) is 19.0 Å². The van der Waals surface area contributed by atoms with Crippen molar-refractivity contribution in [2.75, 3.05) is 26.0 Å². The van der Waals surface area contributed by atoms with Crippen LogP contribution in [0.2, 0.25) is 0 Å². The van der Waals surface area contributed by atoms with Crippen LogP contribution in [-0.2, 0) is 0 Å². The molecule has 1 aliphatic rings. The van der Waals surface area contributed by atoms with Crippen molar-refractivity contribution < 1.29 is 10.2 Å². The van der Waals surface area contributed by atoms with Gasteiger partial charge < -0.3 is 15.1 Å². The van der Waals surface area contributed by atoms with E-state index < -0.39 is 11.7 Å². The van der Waals surface area contributed by atoms with E-state index >= 15 is 0 Å². The number of hydrogen-bond acceptors (Lipinski definition) is 3. The highest BCUT2D eigenvalue weighted by atomic mass is 35.5. The maximum absolute atomic E-state index is 10.1. The number of nitrogens with zero attached hydrogens (tertiary/aromatic N) is 1. The molecule has 0 aliphatic heterocycles. The summed E-state index contributed by atoms with van der Waals surface area (Å²) in [4.78, 5) is 1.96. The predicted molar refractivity (Wildman–Crippen MR) is 57.6 cm³/mol. The Bertz CT molecular complexity index is 172. The summed E-state index contributed by atoms with van der Waals surface area (Å²) in [5.41, 5.74) is -0.527. The van der Waals surface area contributed by atoms with Crippen LogP contribution in [0.4, 0.5) is 0 Å². The molecule has 1 saturated carbocycles. The van der Waals surface area contributed by atoms with Crippen molar-refractivity contribution in [3.05, 3.63) is 0 Å². The van der Waals surface area contributed by atoms with Gasteiger partial charge in [0.2, 0.25) is 0 Å². The molecule has 0 aromatic heterocycles. The molecule has 0 amide bonds. The van der Waals surface area contributed by atoms with Crippen molar-refractivity contribution in [2.45, 2.75) is 37.4 Å². The lowest BCUT2D eigenvalue weighted by Gasteiger charge is -2.29. The summed E-state index contributed by atoms with van der Waals surface area (Å²) in [6.45, 7) is 1.17. The Morgan fingerprint density at radius 2 is 2.00 bits per heavy atom. The second-order valence-corrected chi connectivity index (χ2v) is 4.74. The summed E-state index contributed by atoms with van der Waals surface area (Å²) < 4.78 is 0. The number of alkyl halides is 1. The van der Waals surface area contributed by atoms with Gasteiger partial charge in [0.1, 0.15) is 0 Å². The molecule has 84 valence electrons. The molecule has 0 spiro atoms. The molecule has 0 radical (unpaired) electrons. The monoisotopic (exact) mass is 221 g/mol. The minimum Gasteiger partial charge on any atom is -0.391 e. The fourth-order valence-electron chi connectivity index (χ4n) is 2.17. The third-order valence-corrected chi connectivity index (χ3v) is 3.16. The fraction of sp³-hybridized carbons (Fsp3) is 1.00. The van der Waals surface area contributed by atoms with Crippen LogP contribution >= 0.6 is 11.6 Å². The maximum Gasteiger partial charge on any atom is 0.0802 e. The average Bonchev–Trinajstić information content (AvgIpc) is 2.51. The molecule has 0 bridgehead atoms. The van der Waals surface area contributed by atoms with E-state index in [1.165, 1.54) is 0 Å². The van der Waals surface area contributed by atoms with Crippen molar-refractivity contribution >= 4 is 11.6 Å². The molecule has 0 saturated heterocycles. The maximum atomic E-state index is 10.1. The summed E-state index contributed by atoms with van der Waals surface area (Å²) in [6.07, 6.45) is 3.50. The van der Waals surface area contributed by atoms with Crippen LogP contribution in [0.15, 0.2) is 0 Å². The van der Waals surface area contributed by atoms with Crippen LogP contribution in [-0.4, -0.2) is 52.8 Å². The van der Waals surface area contributed by atoms with Gasteiger partial charge in [0.25, 0.3) is 0 Å². The third-order valence-electron chi connectivity index (χ3n) is 2.80. The van der Waals surface area contributed by atoms with Crippen LogP contribution < -0.4 is 0 Å². The van der Waals surface area contributed by atoms with E-state index in [1.807, 2.05) is 11.9 Å². The standard InChI is InChI=1S/C10H20ClNO2/c1-12(7-9(13)6-11)8-10(14)4-2-3-5-10/h9,13-14H,2-8H2,1H3. The first-order valence-electron chi connectivity index (χ1n) is 5.21. The van der Waals surface area contributed by atoms with Crippen molar-refractivity contribution in [1.29, 1.82) is 0 Å². The molecular formula is C10H20ClNO2. The zero-order valence-electron chi connectivity index (χ0n) is 8.75. The van der Waals surface area contributed by atoms with Gasteiger partial charge in [-0.15, -0.1) is 11.6 Å². The smallest absolute Gasteiger partial charge is 0.0802 e. The van der Waals surface area contributed by atoms with Crippen LogP contribution in [0, 0.1) is 0 Å². The SMILES string of the molecule is CN(CC(O)CCl)CC1(O)CCCC1. The molecule has 1 rings (SSSR count). The molecule has 14 heavy (non-hydrogen) atoms. The lowest BCUT2D eigenvalue weighted by Crippen LogP contribution is -2.42. The first kappa shape index (κ1) is 12.2. The Morgan fingerprint density at radius 1 is 1.43 bits per heavy atom. The van der Waals surface area contributed by atoms with Crippen LogP contribution in [0.5, 0.6) is 0 Å². The molecule has 1 fully saturated rings. The van der Waals surface area contributed by atoms with Crippen LogP contribution in [0.25, 0.3) is 0 Å². The van der Waals surface area contributed by atoms with E-state index in [2.05, 4.69) is 0 Å². The Morgan fingerprint density at radius 3 is 2.50 bits per heavy atom. The second-order valence-electron chi connectivity index (χ2n) is 4.44. The number of rotatable bonds is 5. The largest absolute Gasteiger partial charge is 0.391 e. The molecule has 3 nitrogen and oxygen atoms in total. The second kappa shape index (κ2) is 5.31. The van der Waals surface area contributed by atoms with Crippen molar-refractivity contribution in [2.24, 2.45) is 0 Å². The molecule has 0 heterocycles. The highest BCUT2D eigenvalue weighted by Crippen LogP contribution is 2.29. The average molecular weight is 222 g/mol. The topological polar surface area (TPSA) is 43.7 Å². The molecular weight excluding hydrogens is 202 g/mol. The normalized spacial score (nSPS) is 22.9. The Kier molecular flexibility index (Phi) is 4.64. The highest BCUT2D eigenvalue weighted by molar-refractivity contribution is 6.18. The van der Waals surface area contributed by atoms with E-state index in [-0.39, 0.29) is 5.88 Å². The number of hydrogen-bond donors (Lipinski definition) is 2. The Balaban J connectivity index is 2.28. The molecule has 1 atom stereocenters. The van der Waals surface area contributed by atoms with Gasteiger partial charge in [0.05, 0.1) is 11.7 Å². The van der Waals surface area contributed by atoms with Gasteiger partial charge in [-0.2, -0.15) is 0 Å². The first-order valence-corrected chi connectivity index (χ1v) is 5.74. The fourth-order valence-corrected chi connectivity index (χ4v) is 2.26. The quantitative estimate of drug-likeness (QED) is 0.676. The predicted octanol–water partition coefficient (Wildman–Crippen LogP) is 0.823. The number of aliphatic hydroxyl groups is 2. The molecule has 4 heteroatoms. The van der Waals surface area contributed by atoms with E-state index in [0.717, 1.165) is 25.7 Å². The van der Waals surface area contributed by atoms with Crippen LogP contribution in [0.3, 0.4) is 0 Å². The summed E-state index contributed by atoms with van der Waals surface area (Å²) >= 11 is 5.51.